The van der Waals surface area contributed by atoms with Gasteiger partial charge in [0.05, 0.1) is 6.10 Å². The Balaban J connectivity index is 2.04. The molecule has 0 heterocycles. The van der Waals surface area contributed by atoms with E-state index < -0.39 is 0 Å². The third kappa shape index (κ3) is 3.89. The molecule has 2 atom stereocenters. The zero-order chi connectivity index (χ0) is 13.8. The Morgan fingerprint density at radius 2 is 1.95 bits per heavy atom. The Kier molecular flexibility index (Phi) is 4.73. The van der Waals surface area contributed by atoms with Gasteiger partial charge in [-0.1, -0.05) is 19.8 Å². The minimum Gasteiger partial charge on any atom is -0.491 e. The highest BCUT2D eigenvalue weighted by molar-refractivity contribution is 5.54. The van der Waals surface area contributed by atoms with Crippen LogP contribution in [0.2, 0.25) is 0 Å². The summed E-state index contributed by atoms with van der Waals surface area (Å²) in [5.74, 6) is 1.74. The van der Waals surface area contributed by atoms with Crippen molar-refractivity contribution in [2.75, 3.05) is 5.32 Å². The molecule has 0 saturated heterocycles. The van der Waals surface area contributed by atoms with Crippen LogP contribution in [0.3, 0.4) is 0 Å². The highest BCUT2D eigenvalue weighted by Gasteiger charge is 2.21. The van der Waals surface area contributed by atoms with Crippen molar-refractivity contribution in [1.82, 2.24) is 0 Å². The summed E-state index contributed by atoms with van der Waals surface area (Å²) >= 11 is 0. The maximum Gasteiger partial charge on any atom is 0.120 e. The number of hydrogen-bond acceptors (Lipinski definition) is 2. The van der Waals surface area contributed by atoms with E-state index in [4.69, 9.17) is 4.74 Å². The maximum atomic E-state index is 5.73. The molecule has 106 valence electrons. The summed E-state index contributed by atoms with van der Waals surface area (Å²) in [4.78, 5) is 0. The first-order chi connectivity index (χ1) is 9.06. The zero-order valence-corrected chi connectivity index (χ0v) is 12.7. The van der Waals surface area contributed by atoms with Crippen LogP contribution < -0.4 is 10.1 Å². The zero-order valence-electron chi connectivity index (χ0n) is 12.7. The lowest BCUT2D eigenvalue weighted by Gasteiger charge is -2.31. The lowest BCUT2D eigenvalue weighted by atomic mass is 9.85. The third-order valence-corrected chi connectivity index (χ3v) is 4.02. The molecular formula is C17H27NO. The molecule has 0 spiro atoms. The first kappa shape index (κ1) is 14.2. The minimum atomic E-state index is 0.233. The summed E-state index contributed by atoms with van der Waals surface area (Å²) in [5, 5.41) is 3.72. The maximum absolute atomic E-state index is 5.73. The molecule has 0 amide bonds. The van der Waals surface area contributed by atoms with Crippen LogP contribution in [0.25, 0.3) is 0 Å². The summed E-state index contributed by atoms with van der Waals surface area (Å²) in [7, 11) is 0. The fraction of sp³-hybridized carbons (Fsp3) is 0.647. The van der Waals surface area contributed by atoms with Crippen LogP contribution in [-0.2, 0) is 0 Å². The van der Waals surface area contributed by atoms with E-state index in [1.807, 2.05) is 0 Å². The van der Waals surface area contributed by atoms with Crippen LogP contribution in [-0.4, -0.2) is 12.1 Å². The first-order valence-corrected chi connectivity index (χ1v) is 7.60. The highest BCUT2D eigenvalue weighted by Crippen LogP contribution is 2.29. The number of nitrogens with one attached hydrogen (secondary N) is 1. The topological polar surface area (TPSA) is 21.3 Å². The van der Waals surface area contributed by atoms with Crippen LogP contribution in [0.5, 0.6) is 5.75 Å². The molecule has 1 N–H and O–H groups in total. The smallest absolute Gasteiger partial charge is 0.120 e. The number of rotatable bonds is 4. The summed E-state index contributed by atoms with van der Waals surface area (Å²) in [6.45, 7) is 8.64. The Morgan fingerprint density at radius 1 is 1.21 bits per heavy atom. The Bertz CT molecular complexity index is 414. The second-order valence-corrected chi connectivity index (χ2v) is 6.16. The summed E-state index contributed by atoms with van der Waals surface area (Å²) in [6.07, 6.45) is 5.63. The number of ether oxygens (including phenoxy) is 1. The van der Waals surface area contributed by atoms with Gasteiger partial charge >= 0.3 is 0 Å². The van der Waals surface area contributed by atoms with Crippen LogP contribution >= 0.6 is 0 Å². The lowest BCUT2D eigenvalue weighted by Crippen LogP contribution is -2.30. The van der Waals surface area contributed by atoms with Crippen molar-refractivity contribution in [3.05, 3.63) is 23.8 Å². The Labute approximate surface area is 117 Å². The molecular weight excluding hydrogens is 234 g/mol. The third-order valence-electron chi connectivity index (χ3n) is 4.02. The van der Waals surface area contributed by atoms with Crippen LogP contribution in [0.4, 0.5) is 5.69 Å². The average Bonchev–Trinajstić information content (AvgIpc) is 2.34. The second-order valence-electron chi connectivity index (χ2n) is 6.16. The monoisotopic (exact) mass is 261 g/mol. The van der Waals surface area contributed by atoms with Crippen molar-refractivity contribution < 1.29 is 4.74 Å². The SMILES string of the molecule is Cc1cc(OC(C)C)ccc1NC1CCCCC1C. The highest BCUT2D eigenvalue weighted by atomic mass is 16.5. The van der Waals surface area contributed by atoms with E-state index in [1.54, 1.807) is 0 Å². The fourth-order valence-corrected chi connectivity index (χ4v) is 2.87. The fourth-order valence-electron chi connectivity index (χ4n) is 2.87. The van der Waals surface area contributed by atoms with E-state index in [9.17, 15) is 0 Å². The Morgan fingerprint density at radius 3 is 2.58 bits per heavy atom. The van der Waals surface area contributed by atoms with E-state index in [0.717, 1.165) is 11.7 Å². The van der Waals surface area contributed by atoms with Crippen molar-refractivity contribution in [1.29, 1.82) is 0 Å². The number of hydrogen-bond donors (Lipinski definition) is 1. The van der Waals surface area contributed by atoms with Gasteiger partial charge in [0.1, 0.15) is 5.75 Å². The van der Waals surface area contributed by atoms with Gasteiger partial charge in [0.25, 0.3) is 0 Å². The van der Waals surface area contributed by atoms with Crippen LogP contribution in [0.15, 0.2) is 18.2 Å². The number of anilines is 1. The molecule has 2 unspecified atom stereocenters. The molecule has 19 heavy (non-hydrogen) atoms. The summed E-state index contributed by atoms with van der Waals surface area (Å²) in [6, 6.07) is 7.00. The van der Waals surface area contributed by atoms with E-state index in [1.165, 1.54) is 36.9 Å². The van der Waals surface area contributed by atoms with Crippen molar-refractivity contribution >= 4 is 5.69 Å². The van der Waals surface area contributed by atoms with Gasteiger partial charge in [0.15, 0.2) is 0 Å². The lowest BCUT2D eigenvalue weighted by molar-refractivity contribution is 0.242. The molecule has 0 aromatic heterocycles. The predicted molar refractivity (Wildman–Crippen MR) is 82.0 cm³/mol. The van der Waals surface area contributed by atoms with Crippen LogP contribution in [0, 0.1) is 12.8 Å². The molecule has 2 heteroatoms. The molecule has 0 radical (unpaired) electrons. The van der Waals surface area contributed by atoms with Gasteiger partial charge in [-0.2, -0.15) is 0 Å². The van der Waals surface area contributed by atoms with Crippen molar-refractivity contribution in [3.63, 3.8) is 0 Å². The van der Waals surface area contributed by atoms with Crippen molar-refractivity contribution in [2.45, 2.75) is 65.5 Å². The molecule has 2 nitrogen and oxygen atoms in total. The molecule has 0 aliphatic heterocycles. The minimum absolute atomic E-state index is 0.233. The van der Waals surface area contributed by atoms with Gasteiger partial charge in [0.2, 0.25) is 0 Å². The molecule has 2 rings (SSSR count). The standard InChI is InChI=1S/C17H27NO/c1-12(2)19-15-9-10-17(14(4)11-15)18-16-8-6-5-7-13(16)3/h9-13,16,18H,5-8H2,1-4H3. The largest absolute Gasteiger partial charge is 0.491 e. The van der Waals surface area contributed by atoms with Gasteiger partial charge in [-0.25, -0.2) is 0 Å². The van der Waals surface area contributed by atoms with Crippen molar-refractivity contribution in [3.8, 4) is 5.75 Å². The van der Waals surface area contributed by atoms with Gasteiger partial charge in [-0.3, -0.25) is 0 Å². The van der Waals surface area contributed by atoms with Gasteiger partial charge in [0, 0.05) is 11.7 Å². The van der Waals surface area contributed by atoms with Crippen LogP contribution in [0.1, 0.15) is 52.0 Å². The van der Waals surface area contributed by atoms with Crippen molar-refractivity contribution in [2.24, 2.45) is 5.92 Å². The van der Waals surface area contributed by atoms with Gasteiger partial charge in [-0.05, 0) is 63.3 Å². The van der Waals surface area contributed by atoms with E-state index in [0.29, 0.717) is 6.04 Å². The van der Waals surface area contributed by atoms with E-state index >= 15 is 0 Å². The number of benzene rings is 1. The molecule has 1 fully saturated rings. The Hall–Kier alpha value is -1.18. The number of aryl methyl sites for hydroxylation is 1. The first-order valence-electron chi connectivity index (χ1n) is 7.60. The normalized spacial score (nSPS) is 23.4. The summed E-state index contributed by atoms with van der Waals surface area (Å²) in [5.41, 5.74) is 2.53. The average molecular weight is 261 g/mol. The quantitative estimate of drug-likeness (QED) is 0.842. The molecule has 1 aliphatic rings. The molecule has 1 aliphatic carbocycles. The predicted octanol–water partition coefficient (Wildman–Crippen LogP) is 4.77. The molecule has 0 bridgehead atoms. The molecule has 1 aromatic rings. The molecule has 1 saturated carbocycles. The second kappa shape index (κ2) is 6.31. The van der Waals surface area contributed by atoms with Gasteiger partial charge < -0.3 is 10.1 Å². The summed E-state index contributed by atoms with van der Waals surface area (Å²) < 4.78 is 5.73. The molecule has 1 aromatic carbocycles. The van der Waals surface area contributed by atoms with E-state index in [-0.39, 0.29) is 6.10 Å². The van der Waals surface area contributed by atoms with Gasteiger partial charge in [-0.15, -0.1) is 0 Å². The van der Waals surface area contributed by atoms with E-state index in [2.05, 4.69) is 51.2 Å².